The minimum atomic E-state index is 0.561. The zero-order valence-corrected chi connectivity index (χ0v) is 15.1. The highest BCUT2D eigenvalue weighted by Crippen LogP contribution is 2.36. The van der Waals surface area contributed by atoms with Gasteiger partial charge in [0.25, 0.3) is 0 Å². The van der Waals surface area contributed by atoms with E-state index in [4.69, 9.17) is 0 Å². The quantitative estimate of drug-likeness (QED) is 0.561. The van der Waals surface area contributed by atoms with Crippen LogP contribution in [0.15, 0.2) is 0 Å². The second-order valence-electron chi connectivity index (χ2n) is 7.23. The number of nitrogens with one attached hydrogen (secondary N) is 1. The first kappa shape index (κ1) is 17.6. The van der Waals surface area contributed by atoms with Crippen molar-refractivity contribution in [3.05, 3.63) is 0 Å². The Bertz CT molecular complexity index is 274. The lowest BCUT2D eigenvalue weighted by Crippen LogP contribution is -2.48. The summed E-state index contributed by atoms with van der Waals surface area (Å²) in [7, 11) is 0. The van der Waals surface area contributed by atoms with E-state index in [2.05, 4.69) is 35.8 Å². The van der Waals surface area contributed by atoms with E-state index in [1.165, 1.54) is 89.8 Å². The minimum Gasteiger partial charge on any atom is -0.316 e. The number of rotatable bonds is 7. The molecular weight excluding hydrogens is 276 g/mol. The number of hydrogen-bond donors (Lipinski definition) is 1. The molecule has 2 rings (SSSR count). The molecule has 2 nitrogen and oxygen atoms in total. The Morgan fingerprint density at radius 2 is 1.90 bits per heavy atom. The van der Waals surface area contributed by atoms with E-state index in [0.29, 0.717) is 5.41 Å². The molecule has 1 aliphatic heterocycles. The molecule has 1 atom stereocenters. The van der Waals surface area contributed by atoms with Crippen LogP contribution in [-0.2, 0) is 0 Å². The van der Waals surface area contributed by atoms with E-state index in [1.807, 2.05) is 0 Å². The van der Waals surface area contributed by atoms with Gasteiger partial charge in [-0.3, -0.25) is 0 Å². The lowest BCUT2D eigenvalue weighted by atomic mass is 9.79. The van der Waals surface area contributed by atoms with Gasteiger partial charge in [-0.25, -0.2) is 0 Å². The van der Waals surface area contributed by atoms with Gasteiger partial charge in [-0.1, -0.05) is 39.5 Å². The van der Waals surface area contributed by atoms with Crippen molar-refractivity contribution in [2.45, 2.75) is 70.5 Å². The number of hydrogen-bond acceptors (Lipinski definition) is 3. The molecule has 21 heavy (non-hydrogen) atoms. The highest BCUT2D eigenvalue weighted by atomic mass is 32.2. The minimum absolute atomic E-state index is 0.561. The van der Waals surface area contributed by atoms with Gasteiger partial charge in [0.2, 0.25) is 0 Å². The molecule has 0 amide bonds. The van der Waals surface area contributed by atoms with E-state index < -0.39 is 0 Å². The molecule has 1 N–H and O–H groups in total. The molecule has 2 fully saturated rings. The molecule has 0 bridgehead atoms. The third-order valence-corrected chi connectivity index (χ3v) is 6.70. The van der Waals surface area contributed by atoms with Gasteiger partial charge < -0.3 is 10.2 Å². The van der Waals surface area contributed by atoms with Crippen LogP contribution in [0.2, 0.25) is 0 Å². The molecule has 0 radical (unpaired) electrons. The number of thioether (sulfide) groups is 1. The Balaban J connectivity index is 1.93. The highest BCUT2D eigenvalue weighted by Gasteiger charge is 2.34. The van der Waals surface area contributed by atoms with Crippen molar-refractivity contribution in [1.82, 2.24) is 10.2 Å². The second-order valence-corrected chi connectivity index (χ2v) is 8.64. The molecule has 0 aromatic rings. The SMILES string of the molecule is CCCNCC1(CN2CCSC(CC)C2)CCCCCC1. The van der Waals surface area contributed by atoms with Crippen molar-refractivity contribution in [3.63, 3.8) is 0 Å². The Kier molecular flexibility index (Phi) is 7.90. The van der Waals surface area contributed by atoms with Crippen molar-refractivity contribution in [1.29, 1.82) is 0 Å². The Morgan fingerprint density at radius 3 is 2.57 bits per heavy atom. The molecule has 1 unspecified atom stereocenters. The van der Waals surface area contributed by atoms with Crippen LogP contribution in [0.4, 0.5) is 0 Å². The van der Waals surface area contributed by atoms with Crippen LogP contribution in [-0.4, -0.2) is 48.6 Å². The molecule has 0 aromatic carbocycles. The van der Waals surface area contributed by atoms with E-state index in [1.54, 1.807) is 0 Å². The van der Waals surface area contributed by atoms with Gasteiger partial charge in [0, 0.05) is 37.2 Å². The van der Waals surface area contributed by atoms with Crippen LogP contribution >= 0.6 is 11.8 Å². The highest BCUT2D eigenvalue weighted by molar-refractivity contribution is 8.00. The summed E-state index contributed by atoms with van der Waals surface area (Å²) < 4.78 is 0. The van der Waals surface area contributed by atoms with E-state index in [-0.39, 0.29) is 0 Å². The third kappa shape index (κ3) is 5.76. The van der Waals surface area contributed by atoms with Gasteiger partial charge >= 0.3 is 0 Å². The smallest absolute Gasteiger partial charge is 0.0172 e. The van der Waals surface area contributed by atoms with Gasteiger partial charge in [0.05, 0.1) is 0 Å². The fraction of sp³-hybridized carbons (Fsp3) is 1.00. The topological polar surface area (TPSA) is 15.3 Å². The molecular formula is C18H36N2S. The van der Waals surface area contributed by atoms with Crippen molar-refractivity contribution in [2.24, 2.45) is 5.41 Å². The summed E-state index contributed by atoms with van der Waals surface area (Å²) in [5, 5.41) is 4.64. The summed E-state index contributed by atoms with van der Waals surface area (Å²) in [5.74, 6) is 1.34. The van der Waals surface area contributed by atoms with Crippen LogP contribution in [0.25, 0.3) is 0 Å². The molecule has 2 aliphatic rings. The lowest BCUT2D eigenvalue weighted by Gasteiger charge is -2.41. The summed E-state index contributed by atoms with van der Waals surface area (Å²) in [6.45, 7) is 11.1. The van der Waals surface area contributed by atoms with Crippen molar-refractivity contribution >= 4 is 11.8 Å². The summed E-state index contributed by atoms with van der Waals surface area (Å²) in [6.07, 6.45) is 11.3. The molecule has 0 aromatic heterocycles. The monoisotopic (exact) mass is 312 g/mol. The first-order valence-corrected chi connectivity index (χ1v) is 10.4. The molecule has 3 heteroatoms. The Labute approximate surface area is 136 Å². The molecule has 1 saturated carbocycles. The van der Waals surface area contributed by atoms with E-state index in [9.17, 15) is 0 Å². The first-order valence-electron chi connectivity index (χ1n) is 9.33. The lowest BCUT2D eigenvalue weighted by molar-refractivity contribution is 0.129. The Hall–Kier alpha value is 0.270. The second kappa shape index (κ2) is 9.42. The normalized spacial score (nSPS) is 27.4. The van der Waals surface area contributed by atoms with Crippen LogP contribution in [0.3, 0.4) is 0 Å². The predicted octanol–water partition coefficient (Wildman–Crippen LogP) is 4.15. The summed E-state index contributed by atoms with van der Waals surface area (Å²) in [5.41, 5.74) is 0.561. The molecule has 1 aliphatic carbocycles. The number of nitrogens with zero attached hydrogens (tertiary/aromatic N) is 1. The van der Waals surface area contributed by atoms with Gasteiger partial charge in [-0.2, -0.15) is 11.8 Å². The van der Waals surface area contributed by atoms with Crippen molar-refractivity contribution in [2.75, 3.05) is 38.5 Å². The fourth-order valence-corrected chi connectivity index (χ4v) is 5.29. The van der Waals surface area contributed by atoms with Crippen LogP contribution in [0, 0.1) is 5.41 Å². The maximum Gasteiger partial charge on any atom is 0.0172 e. The average Bonchev–Trinajstić information content (AvgIpc) is 2.74. The molecule has 124 valence electrons. The molecule has 0 spiro atoms. The largest absolute Gasteiger partial charge is 0.316 e. The van der Waals surface area contributed by atoms with Gasteiger partial charge in [0.1, 0.15) is 0 Å². The van der Waals surface area contributed by atoms with Crippen LogP contribution in [0.1, 0.15) is 65.2 Å². The van der Waals surface area contributed by atoms with E-state index >= 15 is 0 Å². The predicted molar refractivity (Wildman–Crippen MR) is 96.3 cm³/mol. The summed E-state index contributed by atoms with van der Waals surface area (Å²) in [6, 6.07) is 0. The summed E-state index contributed by atoms with van der Waals surface area (Å²) >= 11 is 2.20. The van der Waals surface area contributed by atoms with Gasteiger partial charge in [0.15, 0.2) is 0 Å². The maximum absolute atomic E-state index is 3.76. The zero-order valence-electron chi connectivity index (χ0n) is 14.3. The standard InChI is InChI=1S/C18H36N2S/c1-3-11-19-15-18(9-7-5-6-8-10-18)16-20-12-13-21-17(4-2)14-20/h17,19H,3-16H2,1-2H3. The van der Waals surface area contributed by atoms with Crippen LogP contribution < -0.4 is 5.32 Å². The molecule has 1 heterocycles. The van der Waals surface area contributed by atoms with Gasteiger partial charge in [-0.05, 0) is 37.6 Å². The fourth-order valence-electron chi connectivity index (χ4n) is 4.05. The van der Waals surface area contributed by atoms with Gasteiger partial charge in [-0.15, -0.1) is 0 Å². The summed E-state index contributed by atoms with van der Waals surface area (Å²) in [4.78, 5) is 2.80. The van der Waals surface area contributed by atoms with Crippen molar-refractivity contribution < 1.29 is 0 Å². The third-order valence-electron chi connectivity index (χ3n) is 5.33. The zero-order chi connectivity index (χ0) is 15.0. The molecule has 1 saturated heterocycles. The Morgan fingerprint density at radius 1 is 1.14 bits per heavy atom. The van der Waals surface area contributed by atoms with Crippen molar-refractivity contribution in [3.8, 4) is 0 Å². The average molecular weight is 313 g/mol. The maximum atomic E-state index is 3.76. The van der Waals surface area contributed by atoms with E-state index in [0.717, 1.165) is 5.25 Å². The first-order chi connectivity index (χ1) is 10.3. The van der Waals surface area contributed by atoms with Crippen LogP contribution in [0.5, 0.6) is 0 Å².